The number of nitrogens with zero attached hydrogens (tertiary/aromatic N) is 3. The molecule has 7 heteroatoms. The molecule has 2 aromatic carbocycles. The van der Waals surface area contributed by atoms with Crippen molar-refractivity contribution in [3.8, 4) is 5.75 Å². The van der Waals surface area contributed by atoms with Gasteiger partial charge in [0.05, 0.1) is 23.8 Å². The SMILES string of the molecule is COc1ccc(C2CC(c3ccccc3)=NN2C2=NC(=O)S/C2=C\c2cccs2)cc1. The van der Waals surface area contributed by atoms with Crippen LogP contribution >= 0.6 is 23.1 Å². The number of hydrazone groups is 1. The van der Waals surface area contributed by atoms with Crippen molar-refractivity contribution in [2.45, 2.75) is 12.5 Å². The minimum Gasteiger partial charge on any atom is -0.497 e. The number of carbonyl (C=O) groups excluding carboxylic acids is 1. The highest BCUT2D eigenvalue weighted by Gasteiger charge is 2.36. The van der Waals surface area contributed by atoms with E-state index in [0.29, 0.717) is 5.84 Å². The summed E-state index contributed by atoms with van der Waals surface area (Å²) >= 11 is 2.78. The van der Waals surface area contributed by atoms with Gasteiger partial charge in [0.2, 0.25) is 0 Å². The highest BCUT2D eigenvalue weighted by atomic mass is 32.2. The van der Waals surface area contributed by atoms with Crippen LogP contribution in [0.25, 0.3) is 6.08 Å². The molecule has 0 bridgehead atoms. The van der Waals surface area contributed by atoms with Gasteiger partial charge in [-0.1, -0.05) is 48.5 Å². The number of benzene rings is 2. The quantitative estimate of drug-likeness (QED) is 0.479. The van der Waals surface area contributed by atoms with Crippen molar-refractivity contribution < 1.29 is 9.53 Å². The van der Waals surface area contributed by atoms with E-state index in [0.717, 1.165) is 50.6 Å². The predicted molar refractivity (Wildman–Crippen MR) is 128 cm³/mol. The molecule has 1 aromatic heterocycles. The van der Waals surface area contributed by atoms with Gasteiger partial charge in [0.15, 0.2) is 5.84 Å². The van der Waals surface area contributed by atoms with E-state index in [1.807, 2.05) is 71.1 Å². The van der Waals surface area contributed by atoms with Crippen LogP contribution in [0.5, 0.6) is 5.75 Å². The molecule has 0 fully saturated rings. The number of carbonyl (C=O) groups is 1. The zero-order valence-corrected chi connectivity index (χ0v) is 18.4. The Morgan fingerprint density at radius 2 is 1.87 bits per heavy atom. The van der Waals surface area contributed by atoms with E-state index in [2.05, 4.69) is 17.1 Å². The summed E-state index contributed by atoms with van der Waals surface area (Å²) in [5.41, 5.74) is 3.15. The maximum atomic E-state index is 12.3. The van der Waals surface area contributed by atoms with Gasteiger partial charge >= 0.3 is 5.24 Å². The molecular weight excluding hydrogens is 426 g/mol. The third kappa shape index (κ3) is 4.06. The summed E-state index contributed by atoms with van der Waals surface area (Å²) in [5.74, 6) is 1.41. The second-order valence-corrected chi connectivity index (χ2v) is 9.05. The zero-order valence-electron chi connectivity index (χ0n) is 16.8. The Kier molecular flexibility index (Phi) is 5.44. The van der Waals surface area contributed by atoms with Crippen LogP contribution in [-0.4, -0.2) is 28.9 Å². The van der Waals surface area contributed by atoms with Gasteiger partial charge in [-0.05, 0) is 52.5 Å². The number of aliphatic imine (C=N–C) groups is 1. The minimum absolute atomic E-state index is 0.0573. The lowest BCUT2D eigenvalue weighted by Gasteiger charge is -2.24. The maximum Gasteiger partial charge on any atom is 0.311 e. The average molecular weight is 446 g/mol. The molecule has 0 saturated heterocycles. The standard InChI is InChI=1S/C24H19N3O2S2/c1-29-18-11-9-17(10-12-18)21-15-20(16-6-3-2-4-7-16)26-27(21)23-22(31-24(28)25-23)14-19-8-5-13-30-19/h2-14,21H,15H2,1H3/b22-14-. The van der Waals surface area contributed by atoms with Gasteiger partial charge in [-0.15, -0.1) is 11.3 Å². The number of amidine groups is 1. The average Bonchev–Trinajstić information content (AvgIpc) is 3.55. The fraction of sp³-hybridized carbons (Fsp3) is 0.125. The van der Waals surface area contributed by atoms with E-state index in [-0.39, 0.29) is 11.3 Å². The molecule has 1 atom stereocenters. The fourth-order valence-electron chi connectivity index (χ4n) is 3.66. The van der Waals surface area contributed by atoms with Gasteiger partial charge < -0.3 is 4.74 Å². The van der Waals surface area contributed by atoms with Crippen molar-refractivity contribution in [1.29, 1.82) is 0 Å². The maximum absolute atomic E-state index is 12.3. The first-order chi connectivity index (χ1) is 15.2. The number of methoxy groups -OCH3 is 1. The zero-order chi connectivity index (χ0) is 21.2. The third-order valence-corrected chi connectivity index (χ3v) is 6.77. The second kappa shape index (κ2) is 8.53. The highest BCUT2D eigenvalue weighted by molar-refractivity contribution is 8.18. The molecule has 154 valence electrons. The molecule has 3 aromatic rings. The summed E-state index contributed by atoms with van der Waals surface area (Å²) in [6.45, 7) is 0. The number of ether oxygens (including phenoxy) is 1. The van der Waals surface area contributed by atoms with Gasteiger partial charge in [-0.25, -0.2) is 5.01 Å². The second-order valence-electron chi connectivity index (χ2n) is 7.08. The van der Waals surface area contributed by atoms with E-state index in [1.54, 1.807) is 18.4 Å². The van der Waals surface area contributed by atoms with E-state index in [4.69, 9.17) is 9.84 Å². The highest BCUT2D eigenvalue weighted by Crippen LogP contribution is 2.40. The normalized spacial score (nSPS) is 19.6. The van der Waals surface area contributed by atoms with E-state index in [9.17, 15) is 4.79 Å². The van der Waals surface area contributed by atoms with Crippen LogP contribution in [0.15, 0.2) is 87.1 Å². The van der Waals surface area contributed by atoms with Crippen molar-refractivity contribution in [2.75, 3.05) is 7.11 Å². The topological polar surface area (TPSA) is 54.3 Å². The van der Waals surface area contributed by atoms with Crippen molar-refractivity contribution in [2.24, 2.45) is 10.1 Å². The monoisotopic (exact) mass is 445 g/mol. The number of hydrogen-bond donors (Lipinski definition) is 0. The number of thiophene rings is 1. The number of thioether (sulfide) groups is 1. The Hall–Kier alpha value is -3.16. The van der Waals surface area contributed by atoms with Gasteiger partial charge in [-0.3, -0.25) is 4.79 Å². The minimum atomic E-state index is -0.213. The van der Waals surface area contributed by atoms with Gasteiger partial charge in [-0.2, -0.15) is 10.1 Å². The van der Waals surface area contributed by atoms with Gasteiger partial charge in [0, 0.05) is 11.3 Å². The first-order valence-corrected chi connectivity index (χ1v) is 11.5. The molecule has 2 aliphatic heterocycles. The van der Waals surface area contributed by atoms with Crippen molar-refractivity contribution in [3.05, 3.63) is 93.0 Å². The van der Waals surface area contributed by atoms with E-state index >= 15 is 0 Å². The molecule has 0 spiro atoms. The summed E-state index contributed by atoms with van der Waals surface area (Å²) in [6.07, 6.45) is 2.74. The van der Waals surface area contributed by atoms with Crippen LogP contribution in [0, 0.1) is 0 Å². The molecule has 0 N–H and O–H groups in total. The predicted octanol–water partition coefficient (Wildman–Crippen LogP) is 6.21. The van der Waals surface area contributed by atoms with Gasteiger partial charge in [0.25, 0.3) is 0 Å². The Morgan fingerprint density at radius 3 is 2.58 bits per heavy atom. The van der Waals surface area contributed by atoms with Crippen LogP contribution in [0.3, 0.4) is 0 Å². The van der Waals surface area contributed by atoms with Crippen LogP contribution in [0.2, 0.25) is 0 Å². The molecule has 5 nitrogen and oxygen atoms in total. The van der Waals surface area contributed by atoms with E-state index in [1.165, 1.54) is 0 Å². The fourth-order valence-corrected chi connectivity index (χ4v) is 5.13. The Morgan fingerprint density at radius 1 is 1.06 bits per heavy atom. The number of hydrogen-bond acceptors (Lipinski definition) is 6. The first kappa shape index (κ1) is 19.8. The lowest BCUT2D eigenvalue weighted by Crippen LogP contribution is -2.26. The molecule has 1 amide bonds. The smallest absolute Gasteiger partial charge is 0.311 e. The van der Waals surface area contributed by atoms with Gasteiger partial charge in [0.1, 0.15) is 5.75 Å². The van der Waals surface area contributed by atoms with E-state index < -0.39 is 0 Å². The lowest BCUT2D eigenvalue weighted by molar-refractivity contribution is 0.267. The first-order valence-electron chi connectivity index (χ1n) is 9.83. The van der Waals surface area contributed by atoms with Crippen LogP contribution in [0.4, 0.5) is 4.79 Å². The molecule has 31 heavy (non-hydrogen) atoms. The summed E-state index contributed by atoms with van der Waals surface area (Å²) in [6, 6.07) is 22.1. The number of rotatable bonds is 4. The largest absolute Gasteiger partial charge is 0.497 e. The van der Waals surface area contributed by atoms with Crippen LogP contribution in [0.1, 0.15) is 28.5 Å². The van der Waals surface area contributed by atoms with Crippen molar-refractivity contribution >= 4 is 46.0 Å². The van der Waals surface area contributed by atoms with Crippen LogP contribution in [-0.2, 0) is 0 Å². The molecular formula is C24H19N3O2S2. The molecule has 3 heterocycles. The lowest BCUT2D eigenvalue weighted by atomic mass is 9.98. The molecule has 0 radical (unpaired) electrons. The summed E-state index contributed by atoms with van der Waals surface area (Å²) in [7, 11) is 1.66. The Bertz CT molecular complexity index is 1180. The Labute approximate surface area is 188 Å². The molecule has 1 unspecified atom stereocenters. The third-order valence-electron chi connectivity index (χ3n) is 5.17. The van der Waals surface area contributed by atoms with Crippen molar-refractivity contribution in [3.63, 3.8) is 0 Å². The summed E-state index contributed by atoms with van der Waals surface area (Å²) < 4.78 is 5.32. The summed E-state index contributed by atoms with van der Waals surface area (Å²) in [5, 5.41) is 8.65. The molecule has 0 aliphatic carbocycles. The van der Waals surface area contributed by atoms with Crippen LogP contribution < -0.4 is 4.74 Å². The Balaban J connectivity index is 1.56. The van der Waals surface area contributed by atoms with Crippen molar-refractivity contribution in [1.82, 2.24) is 5.01 Å². The summed E-state index contributed by atoms with van der Waals surface area (Å²) in [4.78, 5) is 18.5. The molecule has 0 saturated carbocycles. The molecule has 5 rings (SSSR count). The molecule has 2 aliphatic rings. The number of amides is 1.